The number of carbonyl (C=O) groups is 1. The fourth-order valence-corrected chi connectivity index (χ4v) is 3.84. The first-order chi connectivity index (χ1) is 15.0. The van der Waals surface area contributed by atoms with E-state index in [0.717, 1.165) is 29.7 Å². The highest BCUT2D eigenvalue weighted by atomic mass is 16.4. The molecule has 2 aromatic heterocycles. The van der Waals surface area contributed by atoms with E-state index in [1.165, 1.54) is 6.20 Å². The Hall–Kier alpha value is -3.87. The van der Waals surface area contributed by atoms with Crippen molar-refractivity contribution in [2.24, 2.45) is 0 Å². The lowest BCUT2D eigenvalue weighted by Gasteiger charge is -2.12. The zero-order valence-corrected chi connectivity index (χ0v) is 17.1. The molecule has 0 radical (unpaired) electrons. The fourth-order valence-electron chi connectivity index (χ4n) is 3.84. The highest BCUT2D eigenvalue weighted by Crippen LogP contribution is 2.25. The van der Waals surface area contributed by atoms with Gasteiger partial charge in [0.25, 0.3) is 5.56 Å². The zero-order chi connectivity index (χ0) is 22.0. The number of nitrogens with zero attached hydrogens (tertiary/aromatic N) is 2. The molecule has 0 saturated carbocycles. The number of H-pyrrole nitrogens is 1. The molecule has 0 unspecified atom stereocenters. The molecule has 0 amide bonds. The number of benzene rings is 2. The summed E-state index contributed by atoms with van der Waals surface area (Å²) in [5.41, 5.74) is 3.90. The number of hydrogen-bond donors (Lipinski definition) is 3. The van der Waals surface area contributed by atoms with Gasteiger partial charge in [-0.3, -0.25) is 14.2 Å². The summed E-state index contributed by atoms with van der Waals surface area (Å²) < 4.78 is 1.75. The maximum atomic E-state index is 12.8. The number of carboxylic acid groups (broad SMARTS) is 1. The second-order valence-corrected chi connectivity index (χ2v) is 7.50. The number of fused-ring (bicyclic) bond motifs is 1. The molecule has 2 heterocycles. The van der Waals surface area contributed by atoms with Crippen LogP contribution in [0.15, 0.2) is 59.5 Å². The van der Waals surface area contributed by atoms with E-state index in [1.807, 2.05) is 30.3 Å². The third-order valence-corrected chi connectivity index (χ3v) is 5.40. The van der Waals surface area contributed by atoms with Crippen molar-refractivity contribution in [3.8, 4) is 17.0 Å². The molecule has 0 spiro atoms. The Balaban J connectivity index is 1.71. The quantitative estimate of drug-likeness (QED) is 0.421. The predicted molar refractivity (Wildman–Crippen MR) is 118 cm³/mol. The van der Waals surface area contributed by atoms with Crippen LogP contribution in [0.2, 0.25) is 0 Å². The Morgan fingerprint density at radius 3 is 2.58 bits per heavy atom. The van der Waals surface area contributed by atoms with E-state index in [9.17, 15) is 19.8 Å². The number of aromatic amines is 1. The molecule has 31 heavy (non-hydrogen) atoms. The van der Waals surface area contributed by atoms with Crippen LogP contribution < -0.4 is 5.56 Å². The Bertz CT molecular complexity index is 1300. The number of aromatic carboxylic acids is 1. The number of imidazole rings is 1. The van der Waals surface area contributed by atoms with Crippen molar-refractivity contribution >= 4 is 11.7 Å². The third-order valence-electron chi connectivity index (χ3n) is 5.40. The Morgan fingerprint density at radius 1 is 1.13 bits per heavy atom. The number of aryl methyl sites for hydroxylation is 1. The highest BCUT2D eigenvalue weighted by molar-refractivity contribution is 5.95. The van der Waals surface area contributed by atoms with Crippen LogP contribution in [0.3, 0.4) is 0 Å². The Morgan fingerprint density at radius 2 is 1.87 bits per heavy atom. The first-order valence-corrected chi connectivity index (χ1v) is 10.2. The van der Waals surface area contributed by atoms with Gasteiger partial charge in [0.1, 0.15) is 0 Å². The van der Waals surface area contributed by atoms with Gasteiger partial charge in [-0.1, -0.05) is 55.8 Å². The van der Waals surface area contributed by atoms with Gasteiger partial charge in [-0.2, -0.15) is 4.98 Å². The lowest BCUT2D eigenvalue weighted by Crippen LogP contribution is -2.20. The molecule has 4 rings (SSSR count). The summed E-state index contributed by atoms with van der Waals surface area (Å²) in [5, 5.41) is 19.2. The van der Waals surface area contributed by atoms with Crippen molar-refractivity contribution in [3.05, 3.63) is 87.5 Å². The second-order valence-electron chi connectivity index (χ2n) is 7.50. The molecule has 7 heteroatoms. The molecular formula is C24H23N3O4. The van der Waals surface area contributed by atoms with E-state index in [1.54, 1.807) is 22.6 Å². The van der Waals surface area contributed by atoms with E-state index < -0.39 is 5.97 Å². The number of unbranched alkanes of at least 4 members (excludes halogenated alkanes) is 1. The van der Waals surface area contributed by atoms with E-state index in [0.29, 0.717) is 29.7 Å². The van der Waals surface area contributed by atoms with Gasteiger partial charge in [0.15, 0.2) is 0 Å². The Kier molecular flexibility index (Phi) is 5.58. The summed E-state index contributed by atoms with van der Waals surface area (Å²) >= 11 is 0. The number of aromatic nitrogens is 3. The highest BCUT2D eigenvalue weighted by Gasteiger charge is 2.16. The minimum atomic E-state index is -0.969. The van der Waals surface area contributed by atoms with Crippen LogP contribution in [0.4, 0.5) is 0 Å². The van der Waals surface area contributed by atoms with E-state index in [-0.39, 0.29) is 17.0 Å². The van der Waals surface area contributed by atoms with Crippen LogP contribution in [-0.2, 0) is 12.8 Å². The SMILES string of the molecule is CCCCc1c(Cc2ccc(-c3ccccc3C(=O)O)cc2)c(=O)[nH]c2nc(O)cn12. The fraction of sp³-hybridized carbons (Fsp3) is 0.208. The smallest absolute Gasteiger partial charge is 0.336 e. The van der Waals surface area contributed by atoms with Crippen molar-refractivity contribution in [1.29, 1.82) is 0 Å². The molecule has 0 aliphatic heterocycles. The number of nitrogens with one attached hydrogen (secondary N) is 1. The summed E-state index contributed by atoms with van der Waals surface area (Å²) in [6, 6.07) is 14.4. The van der Waals surface area contributed by atoms with Gasteiger partial charge in [-0.05, 0) is 35.6 Å². The molecule has 3 N–H and O–H groups in total. The van der Waals surface area contributed by atoms with E-state index in [4.69, 9.17) is 0 Å². The van der Waals surface area contributed by atoms with Gasteiger partial charge in [0.2, 0.25) is 11.7 Å². The van der Waals surface area contributed by atoms with E-state index >= 15 is 0 Å². The molecule has 158 valence electrons. The second kappa shape index (κ2) is 8.47. The summed E-state index contributed by atoms with van der Waals surface area (Å²) in [5.74, 6) is -0.770. The van der Waals surface area contributed by atoms with Crippen LogP contribution in [0.1, 0.15) is 46.9 Å². The Labute approximate surface area is 178 Å². The number of aromatic hydroxyl groups is 1. The number of hydrogen-bond acceptors (Lipinski definition) is 4. The largest absolute Gasteiger partial charge is 0.492 e. The maximum absolute atomic E-state index is 12.8. The molecule has 0 aliphatic carbocycles. The molecule has 0 bridgehead atoms. The summed E-state index contributed by atoms with van der Waals surface area (Å²) in [7, 11) is 0. The van der Waals surface area contributed by atoms with Gasteiger partial charge in [0, 0.05) is 17.7 Å². The lowest BCUT2D eigenvalue weighted by atomic mass is 9.96. The summed E-state index contributed by atoms with van der Waals surface area (Å²) in [6.07, 6.45) is 4.53. The monoisotopic (exact) mass is 417 g/mol. The lowest BCUT2D eigenvalue weighted by molar-refractivity contribution is 0.0697. The van der Waals surface area contributed by atoms with E-state index in [2.05, 4.69) is 16.9 Å². The normalized spacial score (nSPS) is 11.1. The topological polar surface area (TPSA) is 108 Å². The molecule has 2 aromatic carbocycles. The number of carboxylic acids is 1. The van der Waals surface area contributed by atoms with Crippen LogP contribution in [0, 0.1) is 0 Å². The van der Waals surface area contributed by atoms with Crippen LogP contribution in [0.25, 0.3) is 16.9 Å². The van der Waals surface area contributed by atoms with Crippen LogP contribution in [0.5, 0.6) is 5.88 Å². The first kappa shape index (κ1) is 20.4. The third kappa shape index (κ3) is 4.07. The van der Waals surface area contributed by atoms with Crippen molar-refractivity contribution in [1.82, 2.24) is 14.4 Å². The van der Waals surface area contributed by atoms with Crippen molar-refractivity contribution in [3.63, 3.8) is 0 Å². The van der Waals surface area contributed by atoms with Crippen LogP contribution >= 0.6 is 0 Å². The van der Waals surface area contributed by atoms with Crippen molar-refractivity contribution < 1.29 is 15.0 Å². The molecule has 4 aromatic rings. The zero-order valence-electron chi connectivity index (χ0n) is 17.1. The molecule has 0 aliphatic rings. The average molecular weight is 417 g/mol. The van der Waals surface area contributed by atoms with Gasteiger partial charge < -0.3 is 10.2 Å². The summed E-state index contributed by atoms with van der Waals surface area (Å²) in [4.78, 5) is 31.0. The van der Waals surface area contributed by atoms with Gasteiger partial charge in [0.05, 0.1) is 11.8 Å². The van der Waals surface area contributed by atoms with Gasteiger partial charge in [-0.25, -0.2) is 4.79 Å². The van der Waals surface area contributed by atoms with Gasteiger partial charge in [-0.15, -0.1) is 0 Å². The van der Waals surface area contributed by atoms with Crippen molar-refractivity contribution in [2.75, 3.05) is 0 Å². The predicted octanol–water partition coefficient (Wildman–Crippen LogP) is 4.03. The molecule has 7 nitrogen and oxygen atoms in total. The standard InChI is InChI=1S/C24H23N3O4/c1-2-3-8-20-19(22(29)26-24-25-21(28)14-27(20)24)13-15-9-11-16(12-10-15)17-6-4-5-7-18(17)23(30)31/h4-7,9-12,14,28H,2-3,8,13H2,1H3,(H,30,31)(H,25,26,29). The summed E-state index contributed by atoms with van der Waals surface area (Å²) in [6.45, 7) is 2.09. The number of rotatable bonds is 7. The average Bonchev–Trinajstić information content (AvgIpc) is 3.13. The minimum absolute atomic E-state index is 0.132. The molecular weight excluding hydrogens is 394 g/mol. The minimum Gasteiger partial charge on any atom is -0.492 e. The van der Waals surface area contributed by atoms with Gasteiger partial charge >= 0.3 is 5.97 Å². The van der Waals surface area contributed by atoms with Crippen LogP contribution in [-0.4, -0.2) is 30.6 Å². The first-order valence-electron chi connectivity index (χ1n) is 10.2. The van der Waals surface area contributed by atoms with Crippen molar-refractivity contribution in [2.45, 2.75) is 32.6 Å². The molecule has 0 atom stereocenters. The maximum Gasteiger partial charge on any atom is 0.336 e. The molecule has 0 fully saturated rings. The molecule has 0 saturated heterocycles.